The number of hydrogen-bond donors (Lipinski definition) is 2. The molecule has 0 bridgehead atoms. The van der Waals surface area contributed by atoms with E-state index in [9.17, 15) is 0 Å². The summed E-state index contributed by atoms with van der Waals surface area (Å²) in [7, 11) is 0. The van der Waals surface area contributed by atoms with Gasteiger partial charge in [0, 0.05) is 25.4 Å². The molecule has 0 aliphatic carbocycles. The third-order valence-electron chi connectivity index (χ3n) is 3.16. The highest BCUT2D eigenvalue weighted by molar-refractivity contribution is 6.30. The lowest BCUT2D eigenvalue weighted by Crippen LogP contribution is -2.17. The van der Waals surface area contributed by atoms with Gasteiger partial charge in [0.05, 0.1) is 5.69 Å². The van der Waals surface area contributed by atoms with Crippen LogP contribution in [0.1, 0.15) is 36.8 Å². The van der Waals surface area contributed by atoms with E-state index in [1.807, 2.05) is 12.3 Å². The maximum atomic E-state index is 6.13. The number of aromatic nitrogens is 3. The van der Waals surface area contributed by atoms with Crippen LogP contribution in [0.4, 0.5) is 0 Å². The number of H-pyrrole nitrogens is 1. The van der Waals surface area contributed by atoms with Crippen molar-refractivity contribution in [1.82, 2.24) is 20.3 Å². The van der Waals surface area contributed by atoms with Gasteiger partial charge in [-0.2, -0.15) is 0 Å². The van der Waals surface area contributed by atoms with Crippen LogP contribution in [0.25, 0.3) is 0 Å². The highest BCUT2D eigenvalue weighted by Crippen LogP contribution is 2.13. The smallest absolute Gasteiger partial charge is 0.151 e. The van der Waals surface area contributed by atoms with Crippen molar-refractivity contribution in [2.24, 2.45) is 0 Å². The third-order valence-corrected chi connectivity index (χ3v) is 3.47. The summed E-state index contributed by atoms with van der Waals surface area (Å²) in [5.74, 6) is 0.987. The number of aryl methyl sites for hydroxylation is 1. The lowest BCUT2D eigenvalue weighted by atomic mass is 10.2. The maximum absolute atomic E-state index is 6.13. The Morgan fingerprint density at radius 3 is 3.00 bits per heavy atom. The van der Waals surface area contributed by atoms with Crippen LogP contribution in [0.15, 0.2) is 24.5 Å². The molecule has 0 aromatic carbocycles. The topological polar surface area (TPSA) is 53.6 Å². The molecule has 0 radical (unpaired) electrons. The average molecular weight is 293 g/mol. The first-order chi connectivity index (χ1) is 9.79. The van der Waals surface area contributed by atoms with Crippen LogP contribution in [-0.2, 0) is 19.4 Å². The van der Waals surface area contributed by atoms with Crippen LogP contribution in [0.3, 0.4) is 0 Å². The molecular weight excluding hydrogens is 272 g/mol. The van der Waals surface area contributed by atoms with Gasteiger partial charge in [-0.05, 0) is 31.0 Å². The molecule has 2 aromatic rings. The Labute approximate surface area is 125 Å². The third kappa shape index (κ3) is 4.62. The van der Waals surface area contributed by atoms with E-state index < -0.39 is 0 Å². The fourth-order valence-corrected chi connectivity index (χ4v) is 2.23. The molecule has 0 aliphatic rings. The van der Waals surface area contributed by atoms with Crippen molar-refractivity contribution in [2.45, 2.75) is 39.2 Å². The van der Waals surface area contributed by atoms with E-state index in [2.05, 4.69) is 33.3 Å². The van der Waals surface area contributed by atoms with E-state index in [0.29, 0.717) is 5.15 Å². The predicted octanol–water partition coefficient (Wildman–Crippen LogP) is 3.13. The van der Waals surface area contributed by atoms with Crippen molar-refractivity contribution < 1.29 is 0 Å². The van der Waals surface area contributed by atoms with E-state index in [0.717, 1.165) is 50.3 Å². The highest BCUT2D eigenvalue weighted by Gasteiger charge is 2.07. The molecule has 0 saturated heterocycles. The Morgan fingerprint density at radius 1 is 1.35 bits per heavy atom. The first-order valence-electron chi connectivity index (χ1n) is 7.12. The molecule has 0 aliphatic heterocycles. The highest BCUT2D eigenvalue weighted by atomic mass is 35.5. The van der Waals surface area contributed by atoms with Gasteiger partial charge in [0.1, 0.15) is 5.82 Å². The predicted molar refractivity (Wildman–Crippen MR) is 81.9 cm³/mol. The number of unbranched alkanes of at least 4 members (excludes halogenated alkanes) is 1. The molecule has 2 heterocycles. The number of hydrogen-bond acceptors (Lipinski definition) is 3. The molecule has 5 heteroatoms. The summed E-state index contributed by atoms with van der Waals surface area (Å²) < 4.78 is 0. The Balaban J connectivity index is 1.75. The van der Waals surface area contributed by atoms with Gasteiger partial charge in [-0.1, -0.05) is 31.0 Å². The van der Waals surface area contributed by atoms with Crippen LogP contribution in [-0.4, -0.2) is 21.5 Å². The van der Waals surface area contributed by atoms with Crippen molar-refractivity contribution in [2.75, 3.05) is 6.54 Å². The van der Waals surface area contributed by atoms with Crippen molar-refractivity contribution in [1.29, 1.82) is 0 Å². The van der Waals surface area contributed by atoms with Gasteiger partial charge >= 0.3 is 0 Å². The second-order valence-electron chi connectivity index (χ2n) is 4.84. The fourth-order valence-electron chi connectivity index (χ4n) is 2.01. The van der Waals surface area contributed by atoms with Crippen LogP contribution in [0, 0.1) is 0 Å². The number of halogens is 1. The Hall–Kier alpha value is -1.39. The summed E-state index contributed by atoms with van der Waals surface area (Å²) in [6.07, 6.45) is 7.91. The molecule has 0 fully saturated rings. The van der Waals surface area contributed by atoms with Crippen LogP contribution >= 0.6 is 11.6 Å². The SMILES string of the molecule is CCCCc1nc(Cl)c(CNCCc2cccnc2)[nH]1. The van der Waals surface area contributed by atoms with E-state index in [4.69, 9.17) is 11.6 Å². The Bertz CT molecular complexity index is 510. The molecule has 0 amide bonds. The summed E-state index contributed by atoms with van der Waals surface area (Å²) in [6, 6.07) is 4.04. The van der Waals surface area contributed by atoms with E-state index >= 15 is 0 Å². The summed E-state index contributed by atoms with van der Waals surface area (Å²) in [6.45, 7) is 3.79. The molecule has 4 nitrogen and oxygen atoms in total. The summed E-state index contributed by atoms with van der Waals surface area (Å²) in [5.41, 5.74) is 2.21. The van der Waals surface area contributed by atoms with Crippen molar-refractivity contribution in [3.05, 3.63) is 46.8 Å². The molecular formula is C15H21ClN4. The van der Waals surface area contributed by atoms with Crippen LogP contribution in [0.2, 0.25) is 5.15 Å². The Kier molecular flexibility index (Phi) is 6.02. The second-order valence-corrected chi connectivity index (χ2v) is 5.20. The van der Waals surface area contributed by atoms with Gasteiger partial charge in [0.15, 0.2) is 5.15 Å². The zero-order chi connectivity index (χ0) is 14.2. The maximum Gasteiger partial charge on any atom is 0.151 e. The molecule has 0 unspecified atom stereocenters. The molecule has 108 valence electrons. The molecule has 2 aromatic heterocycles. The lowest BCUT2D eigenvalue weighted by molar-refractivity contribution is 0.673. The minimum absolute atomic E-state index is 0.588. The molecule has 0 atom stereocenters. The number of imidazole rings is 1. The normalized spacial score (nSPS) is 10.9. The van der Waals surface area contributed by atoms with Crippen molar-refractivity contribution >= 4 is 11.6 Å². The van der Waals surface area contributed by atoms with E-state index in [1.54, 1.807) is 6.20 Å². The van der Waals surface area contributed by atoms with Crippen molar-refractivity contribution in [3.8, 4) is 0 Å². The first-order valence-corrected chi connectivity index (χ1v) is 7.50. The van der Waals surface area contributed by atoms with E-state index in [1.165, 1.54) is 5.56 Å². The standard InChI is InChI=1S/C15H21ClN4/c1-2-3-6-14-19-13(15(16)20-14)11-18-9-7-12-5-4-8-17-10-12/h4-5,8,10,18H,2-3,6-7,9,11H2,1H3,(H,19,20). The molecule has 2 rings (SSSR count). The second kappa shape index (κ2) is 8.02. The van der Waals surface area contributed by atoms with Gasteiger partial charge in [-0.3, -0.25) is 4.98 Å². The molecule has 20 heavy (non-hydrogen) atoms. The largest absolute Gasteiger partial charge is 0.344 e. The zero-order valence-corrected chi connectivity index (χ0v) is 12.6. The van der Waals surface area contributed by atoms with Crippen molar-refractivity contribution in [3.63, 3.8) is 0 Å². The number of rotatable bonds is 8. The monoisotopic (exact) mass is 292 g/mol. The van der Waals surface area contributed by atoms with Gasteiger partial charge < -0.3 is 10.3 Å². The molecule has 0 spiro atoms. The number of pyridine rings is 1. The zero-order valence-electron chi connectivity index (χ0n) is 11.8. The number of nitrogens with zero attached hydrogens (tertiary/aromatic N) is 2. The summed E-state index contributed by atoms with van der Waals surface area (Å²) in [5, 5.41) is 3.96. The Morgan fingerprint density at radius 2 is 2.25 bits per heavy atom. The van der Waals surface area contributed by atoms with Gasteiger partial charge in [-0.25, -0.2) is 4.98 Å². The summed E-state index contributed by atoms with van der Waals surface area (Å²) in [4.78, 5) is 11.7. The minimum Gasteiger partial charge on any atom is -0.344 e. The quantitative estimate of drug-likeness (QED) is 0.735. The first kappa shape index (κ1) is 15.0. The van der Waals surface area contributed by atoms with E-state index in [-0.39, 0.29) is 0 Å². The fraction of sp³-hybridized carbons (Fsp3) is 0.467. The number of nitrogens with one attached hydrogen (secondary N) is 2. The lowest BCUT2D eigenvalue weighted by Gasteiger charge is -2.03. The summed E-state index contributed by atoms with van der Waals surface area (Å²) >= 11 is 6.13. The van der Waals surface area contributed by atoms with Gasteiger partial charge in [0.25, 0.3) is 0 Å². The van der Waals surface area contributed by atoms with Gasteiger partial charge in [0.2, 0.25) is 0 Å². The average Bonchev–Trinajstić information content (AvgIpc) is 2.83. The minimum atomic E-state index is 0.588. The van der Waals surface area contributed by atoms with Gasteiger partial charge in [-0.15, -0.1) is 0 Å². The number of aromatic amines is 1. The van der Waals surface area contributed by atoms with Crippen LogP contribution < -0.4 is 5.32 Å². The molecule has 2 N–H and O–H groups in total. The van der Waals surface area contributed by atoms with Crippen LogP contribution in [0.5, 0.6) is 0 Å². The molecule has 0 saturated carbocycles.